The summed E-state index contributed by atoms with van der Waals surface area (Å²) in [6.45, 7) is 3.75. The van der Waals surface area contributed by atoms with Gasteiger partial charge in [-0.05, 0) is 38.3 Å². The van der Waals surface area contributed by atoms with E-state index >= 15 is 0 Å². The molecule has 1 saturated heterocycles. The first kappa shape index (κ1) is 22.8. The van der Waals surface area contributed by atoms with Crippen LogP contribution in [-0.2, 0) is 33.9 Å². The summed E-state index contributed by atoms with van der Waals surface area (Å²) in [6.07, 6.45) is 0.655. The predicted octanol–water partition coefficient (Wildman–Crippen LogP) is 1.55. The molecular formula is C18H27NO7S2. The van der Waals surface area contributed by atoms with Crippen molar-refractivity contribution in [2.45, 2.75) is 37.7 Å². The zero-order valence-electron chi connectivity index (χ0n) is 16.5. The summed E-state index contributed by atoms with van der Waals surface area (Å²) < 4.78 is 60.3. The van der Waals surface area contributed by atoms with Crippen molar-refractivity contribution in [2.24, 2.45) is 11.8 Å². The number of aryl methyl sites for hydroxylation is 1. The Labute approximate surface area is 167 Å². The molecule has 0 spiro atoms. The van der Waals surface area contributed by atoms with E-state index in [0.29, 0.717) is 6.42 Å². The number of ether oxygens (including phenoxy) is 1. The van der Waals surface area contributed by atoms with Gasteiger partial charge in [0.1, 0.15) is 0 Å². The summed E-state index contributed by atoms with van der Waals surface area (Å²) in [5.41, 5.74) is 0.948. The number of carbonyl (C=O) groups excluding carboxylic acids is 1. The van der Waals surface area contributed by atoms with E-state index in [1.807, 2.05) is 6.92 Å². The Morgan fingerprint density at radius 1 is 1.21 bits per heavy atom. The molecule has 0 radical (unpaired) electrons. The molecular weight excluding hydrogens is 406 g/mol. The molecule has 0 amide bonds. The molecule has 158 valence electrons. The van der Waals surface area contributed by atoms with Crippen LogP contribution < -0.4 is 0 Å². The molecule has 28 heavy (non-hydrogen) atoms. The van der Waals surface area contributed by atoms with Gasteiger partial charge < -0.3 is 4.74 Å². The Hall–Kier alpha value is -1.49. The highest BCUT2D eigenvalue weighted by molar-refractivity contribution is 7.89. The molecule has 10 heteroatoms. The van der Waals surface area contributed by atoms with E-state index in [4.69, 9.17) is 8.92 Å². The van der Waals surface area contributed by atoms with E-state index in [-0.39, 0.29) is 30.3 Å². The molecule has 1 aromatic rings. The minimum absolute atomic E-state index is 0.0640. The third-order valence-corrected chi connectivity index (χ3v) is 7.55. The monoisotopic (exact) mass is 433 g/mol. The highest BCUT2D eigenvalue weighted by Crippen LogP contribution is 2.34. The largest absolute Gasteiger partial charge is 0.469 e. The molecule has 1 aliphatic heterocycles. The van der Waals surface area contributed by atoms with Crippen molar-refractivity contribution in [3.8, 4) is 0 Å². The van der Waals surface area contributed by atoms with E-state index in [0.717, 1.165) is 11.8 Å². The number of sulfonamides is 1. The van der Waals surface area contributed by atoms with Crippen molar-refractivity contribution in [1.82, 2.24) is 4.31 Å². The first-order valence-corrected chi connectivity index (χ1v) is 12.2. The number of esters is 1. The van der Waals surface area contributed by atoms with Crippen LogP contribution >= 0.6 is 0 Å². The Bertz CT molecular complexity index is 894. The lowest BCUT2D eigenvalue weighted by Gasteiger charge is -2.39. The number of carbonyl (C=O) groups is 1. The molecule has 1 heterocycles. The number of rotatable bonds is 7. The summed E-state index contributed by atoms with van der Waals surface area (Å²) in [5, 5.41) is 0. The smallest absolute Gasteiger partial charge is 0.305 e. The fraction of sp³-hybridized carbons (Fsp3) is 0.611. The Kier molecular flexibility index (Phi) is 7.24. The molecule has 2 rings (SSSR count). The Morgan fingerprint density at radius 3 is 2.36 bits per heavy atom. The number of hydrogen-bond acceptors (Lipinski definition) is 7. The van der Waals surface area contributed by atoms with Gasteiger partial charge in [0.15, 0.2) is 0 Å². The molecule has 1 fully saturated rings. The van der Waals surface area contributed by atoms with Crippen molar-refractivity contribution >= 4 is 26.1 Å². The lowest BCUT2D eigenvalue weighted by Crippen LogP contribution is -2.48. The van der Waals surface area contributed by atoms with Gasteiger partial charge in [-0.15, -0.1) is 0 Å². The quantitative estimate of drug-likeness (QED) is 0.474. The number of nitrogens with zero attached hydrogens (tertiary/aromatic N) is 1. The number of benzene rings is 1. The minimum atomic E-state index is -3.73. The molecule has 8 nitrogen and oxygen atoms in total. The molecule has 0 aliphatic carbocycles. The van der Waals surface area contributed by atoms with E-state index in [1.165, 1.54) is 11.4 Å². The van der Waals surface area contributed by atoms with Crippen LogP contribution in [0, 0.1) is 18.8 Å². The van der Waals surface area contributed by atoms with Crippen LogP contribution in [0.2, 0.25) is 0 Å². The van der Waals surface area contributed by atoms with Gasteiger partial charge in [0.25, 0.3) is 10.1 Å². The SMILES string of the molecule is COC(=O)C[C@H]1CCN(S(=O)(=O)c2ccc(C)cc2)C[C@@H]1[C@H](C)OS(C)(=O)=O. The van der Waals surface area contributed by atoms with Crippen molar-refractivity contribution in [2.75, 3.05) is 26.5 Å². The molecule has 3 atom stereocenters. The first-order valence-electron chi connectivity index (χ1n) is 8.96. The second-order valence-corrected chi connectivity index (χ2v) is 10.7. The average molecular weight is 434 g/mol. The van der Waals surface area contributed by atoms with Crippen molar-refractivity contribution in [1.29, 1.82) is 0 Å². The highest BCUT2D eigenvalue weighted by Gasteiger charge is 2.40. The maximum absolute atomic E-state index is 13.0. The van der Waals surface area contributed by atoms with Crippen LogP contribution in [0.15, 0.2) is 29.2 Å². The standard InChI is InChI=1S/C18H27NO7S2/c1-13-5-7-16(8-6-13)28(23,24)19-10-9-15(11-18(20)25-3)17(12-19)14(2)26-27(4,21)22/h5-8,14-15,17H,9-12H2,1-4H3/t14-,15+,17+/m0/s1. The zero-order chi connectivity index (χ0) is 21.1. The second-order valence-electron chi connectivity index (χ2n) is 7.17. The summed E-state index contributed by atoms with van der Waals surface area (Å²) >= 11 is 0. The lowest BCUT2D eigenvalue weighted by molar-refractivity contribution is -0.142. The molecule has 0 saturated carbocycles. The topological polar surface area (TPSA) is 107 Å². The third kappa shape index (κ3) is 5.76. The molecule has 1 aromatic carbocycles. The number of methoxy groups -OCH3 is 1. The molecule has 0 N–H and O–H groups in total. The van der Waals surface area contributed by atoms with Gasteiger partial charge in [0.05, 0.1) is 24.4 Å². The van der Waals surface area contributed by atoms with Gasteiger partial charge in [-0.3, -0.25) is 8.98 Å². The van der Waals surface area contributed by atoms with E-state index in [1.54, 1.807) is 31.2 Å². The molecule has 0 aromatic heterocycles. The fourth-order valence-electron chi connectivity index (χ4n) is 3.51. The van der Waals surface area contributed by atoms with Gasteiger partial charge in [0.2, 0.25) is 10.0 Å². The normalized spacial score (nSPS) is 22.6. The van der Waals surface area contributed by atoms with Gasteiger partial charge in [0, 0.05) is 25.4 Å². The van der Waals surface area contributed by atoms with E-state index in [2.05, 4.69) is 0 Å². The summed E-state index contributed by atoms with van der Waals surface area (Å²) in [4.78, 5) is 11.9. The molecule has 0 bridgehead atoms. The second kappa shape index (κ2) is 8.89. The van der Waals surface area contributed by atoms with Crippen LogP contribution in [0.1, 0.15) is 25.3 Å². The number of hydrogen-bond donors (Lipinski definition) is 0. The average Bonchev–Trinajstić information content (AvgIpc) is 2.60. The van der Waals surface area contributed by atoms with Crippen LogP contribution in [0.3, 0.4) is 0 Å². The fourth-order valence-corrected chi connectivity index (χ4v) is 5.69. The van der Waals surface area contributed by atoms with Crippen molar-refractivity contribution < 1.29 is 30.6 Å². The van der Waals surface area contributed by atoms with Gasteiger partial charge in [-0.25, -0.2) is 8.42 Å². The highest BCUT2D eigenvalue weighted by atomic mass is 32.2. The summed E-state index contributed by atoms with van der Waals surface area (Å²) in [7, 11) is -6.18. The van der Waals surface area contributed by atoms with E-state index < -0.39 is 38.1 Å². The van der Waals surface area contributed by atoms with Crippen LogP contribution in [0.4, 0.5) is 0 Å². The van der Waals surface area contributed by atoms with E-state index in [9.17, 15) is 21.6 Å². The van der Waals surface area contributed by atoms with Crippen LogP contribution in [-0.4, -0.2) is 59.7 Å². The molecule has 0 unspecified atom stereocenters. The molecule has 1 aliphatic rings. The van der Waals surface area contributed by atoms with Crippen LogP contribution in [0.25, 0.3) is 0 Å². The van der Waals surface area contributed by atoms with Gasteiger partial charge in [-0.1, -0.05) is 17.7 Å². The third-order valence-electron chi connectivity index (χ3n) is 5.01. The number of piperidine rings is 1. The van der Waals surface area contributed by atoms with Gasteiger partial charge >= 0.3 is 5.97 Å². The first-order chi connectivity index (χ1) is 12.9. The zero-order valence-corrected chi connectivity index (χ0v) is 18.1. The summed E-state index contributed by atoms with van der Waals surface area (Å²) in [6, 6.07) is 6.56. The van der Waals surface area contributed by atoms with Crippen molar-refractivity contribution in [3.63, 3.8) is 0 Å². The predicted molar refractivity (Wildman–Crippen MR) is 104 cm³/mol. The van der Waals surface area contributed by atoms with Gasteiger partial charge in [-0.2, -0.15) is 12.7 Å². The maximum Gasteiger partial charge on any atom is 0.305 e. The summed E-state index contributed by atoms with van der Waals surface area (Å²) in [5.74, 6) is -1.13. The van der Waals surface area contributed by atoms with Crippen LogP contribution in [0.5, 0.6) is 0 Å². The van der Waals surface area contributed by atoms with Crippen molar-refractivity contribution in [3.05, 3.63) is 29.8 Å². The Morgan fingerprint density at radius 2 is 1.82 bits per heavy atom. The Balaban J connectivity index is 2.28. The minimum Gasteiger partial charge on any atom is -0.469 e. The lowest BCUT2D eigenvalue weighted by atomic mass is 9.81. The maximum atomic E-state index is 13.0.